The van der Waals surface area contributed by atoms with Crippen molar-refractivity contribution in [3.8, 4) is 33.8 Å². The first-order valence-corrected chi connectivity index (χ1v) is 11.7. The van der Waals surface area contributed by atoms with E-state index in [1.54, 1.807) is 18.2 Å². The second-order valence-corrected chi connectivity index (χ2v) is 9.06. The number of aliphatic hydroxyl groups is 1. The van der Waals surface area contributed by atoms with E-state index < -0.39 is 18.0 Å². The van der Waals surface area contributed by atoms with Crippen LogP contribution in [0.15, 0.2) is 47.5 Å². The standard InChI is InChI=1S/C24H20ClF3N6O3/c1-12(35)10-34-22(24(26,27)28)16(9-31-34)21-18(17-7-8-29-11-30-17)20(33-37-21)14-3-2-4-15(19(14)25)23(36)32-13-5-6-13/h2-4,7-9,11-13,35H,5-6,10H2,1H3,(H,32,36). The van der Waals surface area contributed by atoms with Crippen LogP contribution < -0.4 is 5.32 Å². The van der Waals surface area contributed by atoms with Gasteiger partial charge in [-0.05, 0) is 31.9 Å². The first kappa shape index (κ1) is 24.9. The van der Waals surface area contributed by atoms with Crippen LogP contribution >= 0.6 is 11.6 Å². The first-order chi connectivity index (χ1) is 17.6. The molecule has 0 bridgehead atoms. The normalized spacial score (nSPS) is 14.5. The number of aromatic nitrogens is 5. The Hall–Kier alpha value is -3.77. The summed E-state index contributed by atoms with van der Waals surface area (Å²) in [6.45, 7) is 0.970. The molecule has 192 valence electrons. The van der Waals surface area contributed by atoms with Gasteiger partial charge in [-0.3, -0.25) is 9.48 Å². The molecule has 1 saturated carbocycles. The number of carbonyl (C=O) groups is 1. The maximum atomic E-state index is 14.2. The number of hydrogen-bond donors (Lipinski definition) is 2. The van der Waals surface area contributed by atoms with Crippen LogP contribution in [0, 0.1) is 0 Å². The van der Waals surface area contributed by atoms with Crippen LogP contribution in [0.2, 0.25) is 5.02 Å². The monoisotopic (exact) mass is 532 g/mol. The molecule has 1 amide bonds. The average molecular weight is 533 g/mol. The number of benzene rings is 1. The van der Waals surface area contributed by atoms with Gasteiger partial charge in [0.25, 0.3) is 5.91 Å². The summed E-state index contributed by atoms with van der Waals surface area (Å²) in [7, 11) is 0. The second-order valence-electron chi connectivity index (χ2n) is 8.68. The van der Waals surface area contributed by atoms with Gasteiger partial charge in [0, 0.05) is 17.8 Å². The molecule has 1 unspecified atom stereocenters. The minimum atomic E-state index is -4.82. The molecule has 0 saturated heterocycles. The van der Waals surface area contributed by atoms with Gasteiger partial charge in [0.05, 0.1) is 46.3 Å². The van der Waals surface area contributed by atoms with Crippen LogP contribution in [0.4, 0.5) is 13.2 Å². The molecule has 1 atom stereocenters. The van der Waals surface area contributed by atoms with E-state index in [2.05, 4.69) is 25.5 Å². The Kier molecular flexibility index (Phi) is 6.46. The van der Waals surface area contributed by atoms with Gasteiger partial charge < -0.3 is 14.9 Å². The van der Waals surface area contributed by atoms with Crippen molar-refractivity contribution < 1.29 is 27.6 Å². The molecule has 37 heavy (non-hydrogen) atoms. The third-order valence-corrected chi connectivity index (χ3v) is 6.14. The number of hydrogen-bond acceptors (Lipinski definition) is 7. The molecule has 1 aromatic carbocycles. The molecule has 0 radical (unpaired) electrons. The largest absolute Gasteiger partial charge is 0.433 e. The van der Waals surface area contributed by atoms with Crippen LogP contribution in [-0.2, 0) is 12.7 Å². The van der Waals surface area contributed by atoms with E-state index in [4.69, 9.17) is 16.1 Å². The fraction of sp³-hybridized carbons (Fsp3) is 0.292. The second kappa shape index (κ2) is 9.60. The number of aliphatic hydroxyl groups excluding tert-OH is 1. The number of nitrogens with zero attached hydrogens (tertiary/aromatic N) is 5. The van der Waals surface area contributed by atoms with Gasteiger partial charge in [-0.25, -0.2) is 9.97 Å². The Morgan fingerprint density at radius 2 is 2.08 bits per heavy atom. The van der Waals surface area contributed by atoms with Gasteiger partial charge in [-0.1, -0.05) is 28.9 Å². The smallest absolute Gasteiger partial charge is 0.391 e. The highest BCUT2D eigenvalue weighted by molar-refractivity contribution is 6.36. The summed E-state index contributed by atoms with van der Waals surface area (Å²) in [5, 5.41) is 20.5. The van der Waals surface area contributed by atoms with Gasteiger partial charge >= 0.3 is 6.18 Å². The zero-order valence-corrected chi connectivity index (χ0v) is 20.1. The summed E-state index contributed by atoms with van der Waals surface area (Å²) in [6.07, 6.45) is -0.473. The molecule has 1 aliphatic rings. The lowest BCUT2D eigenvalue weighted by molar-refractivity contribution is -0.144. The van der Waals surface area contributed by atoms with E-state index in [9.17, 15) is 23.1 Å². The average Bonchev–Trinajstić information content (AvgIpc) is 3.38. The van der Waals surface area contributed by atoms with Crippen molar-refractivity contribution in [1.29, 1.82) is 0 Å². The fourth-order valence-corrected chi connectivity index (χ4v) is 4.26. The highest BCUT2D eigenvalue weighted by atomic mass is 35.5. The summed E-state index contributed by atoms with van der Waals surface area (Å²) in [6, 6.07) is 6.33. The summed E-state index contributed by atoms with van der Waals surface area (Å²) in [4.78, 5) is 20.8. The van der Waals surface area contributed by atoms with Crippen LogP contribution in [0.3, 0.4) is 0 Å². The van der Waals surface area contributed by atoms with Crippen LogP contribution in [0.25, 0.3) is 33.8 Å². The summed E-state index contributed by atoms with van der Waals surface area (Å²) in [5.74, 6) is -0.609. The lowest BCUT2D eigenvalue weighted by atomic mass is 9.98. The molecule has 1 fully saturated rings. The summed E-state index contributed by atoms with van der Waals surface area (Å²) >= 11 is 6.62. The molecular weight excluding hydrogens is 513 g/mol. The lowest BCUT2D eigenvalue weighted by Gasteiger charge is -2.13. The van der Waals surface area contributed by atoms with Crippen LogP contribution in [0.5, 0.6) is 0 Å². The van der Waals surface area contributed by atoms with Crippen molar-refractivity contribution in [2.24, 2.45) is 0 Å². The molecule has 2 N–H and O–H groups in total. The highest BCUT2D eigenvalue weighted by Gasteiger charge is 2.41. The van der Waals surface area contributed by atoms with E-state index in [1.165, 1.54) is 25.5 Å². The van der Waals surface area contributed by atoms with Crippen LogP contribution in [0.1, 0.15) is 35.8 Å². The molecular formula is C24H20ClF3N6O3. The number of carbonyl (C=O) groups excluding carboxylic acids is 1. The lowest BCUT2D eigenvalue weighted by Crippen LogP contribution is -2.25. The van der Waals surface area contributed by atoms with Crippen molar-refractivity contribution in [1.82, 2.24) is 30.2 Å². The van der Waals surface area contributed by atoms with Crippen molar-refractivity contribution >= 4 is 17.5 Å². The summed E-state index contributed by atoms with van der Waals surface area (Å²) in [5.41, 5.74) is -0.596. The van der Waals surface area contributed by atoms with E-state index in [1.807, 2.05) is 0 Å². The van der Waals surface area contributed by atoms with Gasteiger partial charge in [-0.2, -0.15) is 18.3 Å². The molecule has 0 aliphatic heterocycles. The van der Waals surface area contributed by atoms with Gasteiger partial charge in [0.2, 0.25) is 0 Å². The summed E-state index contributed by atoms with van der Waals surface area (Å²) < 4.78 is 48.6. The zero-order valence-electron chi connectivity index (χ0n) is 19.3. The quantitative estimate of drug-likeness (QED) is 0.357. The molecule has 3 aromatic heterocycles. The Morgan fingerprint density at radius 1 is 1.30 bits per heavy atom. The zero-order chi connectivity index (χ0) is 26.3. The number of nitrogens with one attached hydrogen (secondary N) is 1. The SMILES string of the molecule is CC(O)Cn1ncc(-c2onc(-c3cccc(C(=O)NC4CC4)c3Cl)c2-c2ccncn2)c1C(F)(F)F. The minimum Gasteiger partial charge on any atom is -0.391 e. The van der Waals surface area contributed by atoms with Crippen molar-refractivity contribution in [3.63, 3.8) is 0 Å². The van der Waals surface area contributed by atoms with Gasteiger partial charge in [0.15, 0.2) is 11.5 Å². The van der Waals surface area contributed by atoms with Gasteiger partial charge in [-0.15, -0.1) is 0 Å². The Morgan fingerprint density at radius 3 is 2.73 bits per heavy atom. The number of alkyl halides is 3. The first-order valence-electron chi connectivity index (χ1n) is 11.3. The molecule has 1 aliphatic carbocycles. The molecule has 9 nitrogen and oxygen atoms in total. The molecule has 13 heteroatoms. The van der Waals surface area contributed by atoms with E-state index in [0.717, 1.165) is 19.0 Å². The number of amides is 1. The third-order valence-electron chi connectivity index (χ3n) is 5.73. The minimum absolute atomic E-state index is 0.0663. The molecule has 0 spiro atoms. The molecule has 3 heterocycles. The highest BCUT2D eigenvalue weighted by Crippen LogP contribution is 2.45. The topological polar surface area (TPSA) is 119 Å². The predicted molar refractivity (Wildman–Crippen MR) is 126 cm³/mol. The number of halogens is 4. The molecule has 5 rings (SSSR count). The van der Waals surface area contributed by atoms with E-state index >= 15 is 0 Å². The van der Waals surface area contributed by atoms with E-state index in [0.29, 0.717) is 4.68 Å². The Labute approximate surface area is 213 Å². The van der Waals surface area contributed by atoms with E-state index in [-0.39, 0.29) is 62.9 Å². The Balaban J connectivity index is 1.70. The van der Waals surface area contributed by atoms with Crippen molar-refractivity contribution in [3.05, 3.63) is 59.3 Å². The molecule has 4 aromatic rings. The maximum absolute atomic E-state index is 14.2. The predicted octanol–water partition coefficient (Wildman–Crippen LogP) is 4.61. The number of rotatable bonds is 7. The third kappa shape index (κ3) is 4.94. The maximum Gasteiger partial charge on any atom is 0.433 e. The van der Waals surface area contributed by atoms with Gasteiger partial charge in [0.1, 0.15) is 12.0 Å². The fourth-order valence-electron chi connectivity index (χ4n) is 3.95. The van der Waals surface area contributed by atoms with Crippen LogP contribution in [-0.4, -0.2) is 48.1 Å². The van der Waals surface area contributed by atoms with Crippen molar-refractivity contribution in [2.75, 3.05) is 0 Å². The van der Waals surface area contributed by atoms with Crippen molar-refractivity contribution in [2.45, 2.75) is 44.6 Å². The Bertz CT molecular complexity index is 1450.